The predicted octanol–water partition coefficient (Wildman–Crippen LogP) is 3.60. The average molecular weight is 286 g/mol. The maximum absolute atomic E-state index is 11.9. The molecule has 0 radical (unpaired) electrons. The number of carbonyl (C=O) groups is 1. The second kappa shape index (κ2) is 4.72. The Morgan fingerprint density at radius 3 is 2.38 bits per heavy atom. The van der Waals surface area contributed by atoms with Crippen molar-refractivity contribution in [1.29, 1.82) is 0 Å². The fraction of sp³-hybridized carbons (Fsp3) is 0.647. The quantitative estimate of drug-likeness (QED) is 0.681. The SMILES string of the molecule is CC(=NNC(=O)c1ccco1)C12CC3CC(CC(C3)C1)C2. The van der Waals surface area contributed by atoms with Gasteiger partial charge in [0.25, 0.3) is 0 Å². The molecule has 0 unspecified atom stereocenters. The summed E-state index contributed by atoms with van der Waals surface area (Å²) in [5.41, 5.74) is 4.03. The van der Waals surface area contributed by atoms with Gasteiger partial charge in [-0.3, -0.25) is 4.79 Å². The van der Waals surface area contributed by atoms with Gasteiger partial charge < -0.3 is 4.42 Å². The maximum Gasteiger partial charge on any atom is 0.307 e. The fourth-order valence-electron chi connectivity index (χ4n) is 5.27. The molecule has 4 heteroatoms. The van der Waals surface area contributed by atoms with Crippen molar-refractivity contribution in [3.63, 3.8) is 0 Å². The Hall–Kier alpha value is -1.58. The van der Waals surface area contributed by atoms with E-state index in [1.165, 1.54) is 44.8 Å². The number of furan rings is 1. The van der Waals surface area contributed by atoms with Gasteiger partial charge in [0.15, 0.2) is 5.76 Å². The highest BCUT2D eigenvalue weighted by Gasteiger charge is 2.52. The minimum atomic E-state index is -0.260. The Kier molecular flexibility index (Phi) is 2.95. The van der Waals surface area contributed by atoms with Crippen LogP contribution in [0.4, 0.5) is 0 Å². The molecule has 0 aliphatic heterocycles. The summed E-state index contributed by atoms with van der Waals surface area (Å²) in [6.45, 7) is 2.09. The van der Waals surface area contributed by atoms with Crippen LogP contribution in [0.5, 0.6) is 0 Å². The molecule has 4 aliphatic carbocycles. The minimum absolute atomic E-state index is 0.255. The summed E-state index contributed by atoms with van der Waals surface area (Å²) in [6, 6.07) is 3.37. The van der Waals surface area contributed by atoms with Crippen LogP contribution in [0.1, 0.15) is 56.0 Å². The molecule has 0 aromatic carbocycles. The van der Waals surface area contributed by atoms with Gasteiger partial charge in [-0.2, -0.15) is 5.10 Å². The lowest BCUT2D eigenvalue weighted by Gasteiger charge is -2.56. The van der Waals surface area contributed by atoms with Gasteiger partial charge in [-0.25, -0.2) is 5.43 Å². The Bertz CT molecular complexity index is 538. The highest BCUT2D eigenvalue weighted by atomic mass is 16.3. The van der Waals surface area contributed by atoms with Gasteiger partial charge in [0.2, 0.25) is 0 Å². The molecule has 4 saturated carbocycles. The molecule has 1 N–H and O–H groups in total. The van der Waals surface area contributed by atoms with E-state index in [1.54, 1.807) is 12.1 Å². The van der Waals surface area contributed by atoms with Gasteiger partial charge in [-0.15, -0.1) is 0 Å². The van der Waals surface area contributed by atoms with Crippen LogP contribution in [0.15, 0.2) is 27.9 Å². The lowest BCUT2D eigenvalue weighted by atomic mass is 9.48. The number of nitrogens with one attached hydrogen (secondary N) is 1. The second-order valence-electron chi connectivity index (χ2n) is 7.31. The van der Waals surface area contributed by atoms with Gasteiger partial charge in [0.05, 0.1) is 6.26 Å². The van der Waals surface area contributed by atoms with Crippen LogP contribution in [0, 0.1) is 23.2 Å². The topological polar surface area (TPSA) is 54.6 Å². The first-order valence-corrected chi connectivity index (χ1v) is 8.03. The number of carbonyl (C=O) groups excluding carboxylic acids is 1. The highest BCUT2D eigenvalue weighted by molar-refractivity contribution is 5.94. The summed E-state index contributed by atoms with van der Waals surface area (Å²) in [5, 5.41) is 4.43. The third-order valence-electron chi connectivity index (χ3n) is 5.88. The Morgan fingerprint density at radius 2 is 1.86 bits per heavy atom. The van der Waals surface area contributed by atoms with Gasteiger partial charge in [-0.1, -0.05) is 0 Å². The molecule has 5 rings (SSSR count). The predicted molar refractivity (Wildman–Crippen MR) is 79.9 cm³/mol. The molecule has 1 aromatic rings. The minimum Gasteiger partial charge on any atom is -0.459 e. The highest BCUT2D eigenvalue weighted by Crippen LogP contribution is 2.60. The number of hydrazone groups is 1. The van der Waals surface area contributed by atoms with E-state index < -0.39 is 0 Å². The summed E-state index contributed by atoms with van der Waals surface area (Å²) < 4.78 is 5.10. The first-order valence-electron chi connectivity index (χ1n) is 8.03. The molecular formula is C17H22N2O2. The third-order valence-corrected chi connectivity index (χ3v) is 5.88. The molecule has 21 heavy (non-hydrogen) atoms. The van der Waals surface area contributed by atoms with E-state index in [-0.39, 0.29) is 11.3 Å². The third kappa shape index (κ3) is 2.21. The molecule has 1 amide bonds. The molecule has 1 aromatic heterocycles. The summed E-state index contributed by atoms with van der Waals surface area (Å²) in [4.78, 5) is 11.9. The summed E-state index contributed by atoms with van der Waals surface area (Å²) >= 11 is 0. The zero-order valence-corrected chi connectivity index (χ0v) is 12.5. The van der Waals surface area contributed by atoms with Crippen LogP contribution >= 0.6 is 0 Å². The van der Waals surface area contributed by atoms with Crippen molar-refractivity contribution < 1.29 is 9.21 Å². The van der Waals surface area contributed by atoms with Crippen LogP contribution in [-0.4, -0.2) is 11.6 Å². The molecule has 112 valence electrons. The Labute approximate surface area is 125 Å². The number of rotatable bonds is 3. The number of amides is 1. The summed E-state index contributed by atoms with van der Waals surface area (Å²) in [6.07, 6.45) is 9.58. The average Bonchev–Trinajstić information content (AvgIpc) is 2.97. The Balaban J connectivity index is 1.50. The summed E-state index contributed by atoms with van der Waals surface area (Å²) in [5.74, 6) is 2.73. The van der Waals surface area contributed by atoms with E-state index in [4.69, 9.17) is 4.42 Å². The van der Waals surface area contributed by atoms with E-state index in [1.807, 2.05) is 0 Å². The number of hydrogen-bond donors (Lipinski definition) is 1. The van der Waals surface area contributed by atoms with Gasteiger partial charge in [-0.05, 0) is 75.3 Å². The van der Waals surface area contributed by atoms with Crippen molar-refractivity contribution in [2.45, 2.75) is 45.4 Å². The van der Waals surface area contributed by atoms with Gasteiger partial charge >= 0.3 is 5.91 Å². The van der Waals surface area contributed by atoms with E-state index >= 15 is 0 Å². The maximum atomic E-state index is 11.9. The van der Waals surface area contributed by atoms with Crippen molar-refractivity contribution in [1.82, 2.24) is 5.43 Å². The molecular weight excluding hydrogens is 264 g/mol. The van der Waals surface area contributed by atoms with E-state index in [0.29, 0.717) is 5.76 Å². The number of hydrogen-bond acceptors (Lipinski definition) is 3. The monoisotopic (exact) mass is 286 g/mol. The van der Waals surface area contributed by atoms with Crippen molar-refractivity contribution in [2.75, 3.05) is 0 Å². The molecule has 4 fully saturated rings. The standard InChI is InChI=1S/C17H22N2O2/c1-11(18-19-16(20)15-3-2-4-21-15)17-8-12-5-13(9-17)7-14(6-12)10-17/h2-4,12-14H,5-10H2,1H3,(H,19,20). The van der Waals surface area contributed by atoms with Crippen LogP contribution in [-0.2, 0) is 0 Å². The van der Waals surface area contributed by atoms with Gasteiger partial charge in [0, 0.05) is 11.1 Å². The van der Waals surface area contributed by atoms with E-state index in [2.05, 4.69) is 17.5 Å². The van der Waals surface area contributed by atoms with Crippen LogP contribution in [0.2, 0.25) is 0 Å². The van der Waals surface area contributed by atoms with E-state index in [9.17, 15) is 4.79 Å². The molecule has 0 saturated heterocycles. The molecule has 0 spiro atoms. The normalized spacial score (nSPS) is 37.8. The fourth-order valence-corrected chi connectivity index (χ4v) is 5.27. The largest absolute Gasteiger partial charge is 0.459 e. The van der Waals surface area contributed by atoms with Crippen molar-refractivity contribution >= 4 is 11.6 Å². The number of nitrogens with zero attached hydrogens (tertiary/aromatic N) is 1. The molecule has 4 nitrogen and oxygen atoms in total. The van der Waals surface area contributed by atoms with Crippen LogP contribution in [0.3, 0.4) is 0 Å². The lowest BCUT2D eigenvalue weighted by Crippen LogP contribution is -2.49. The van der Waals surface area contributed by atoms with Crippen LogP contribution in [0.25, 0.3) is 0 Å². The van der Waals surface area contributed by atoms with Crippen LogP contribution < -0.4 is 5.43 Å². The van der Waals surface area contributed by atoms with Crippen molar-refractivity contribution in [3.05, 3.63) is 24.2 Å². The summed E-state index contributed by atoms with van der Waals surface area (Å²) in [7, 11) is 0. The molecule has 4 aliphatic rings. The van der Waals surface area contributed by atoms with E-state index in [0.717, 1.165) is 23.5 Å². The smallest absolute Gasteiger partial charge is 0.307 e. The molecule has 4 bridgehead atoms. The second-order valence-corrected chi connectivity index (χ2v) is 7.31. The first kappa shape index (κ1) is 13.1. The van der Waals surface area contributed by atoms with Gasteiger partial charge in [0.1, 0.15) is 0 Å². The molecule has 0 atom stereocenters. The molecule has 1 heterocycles. The zero-order chi connectivity index (χ0) is 14.4. The lowest BCUT2D eigenvalue weighted by molar-refractivity contribution is -0.0128. The van der Waals surface area contributed by atoms with Crippen molar-refractivity contribution in [2.24, 2.45) is 28.3 Å². The van der Waals surface area contributed by atoms with Crippen molar-refractivity contribution in [3.8, 4) is 0 Å². The zero-order valence-electron chi connectivity index (χ0n) is 12.5. The first-order chi connectivity index (χ1) is 10.1. The Morgan fingerprint density at radius 1 is 1.24 bits per heavy atom.